The summed E-state index contributed by atoms with van der Waals surface area (Å²) in [5.41, 5.74) is 0. The number of hydrogen-bond donors (Lipinski definition) is 1. The lowest BCUT2D eigenvalue weighted by molar-refractivity contribution is 0.307. The van der Waals surface area contributed by atoms with Crippen LogP contribution in [0.2, 0.25) is 0 Å². The normalized spacial score (nSPS) is 10.3. The quantitative estimate of drug-likeness (QED) is 0.890. The maximum Gasteiger partial charge on any atom is 0.151 e. The van der Waals surface area contributed by atoms with Crippen LogP contribution >= 0.6 is 11.8 Å². The summed E-state index contributed by atoms with van der Waals surface area (Å²) < 4.78 is 5.65. The second kappa shape index (κ2) is 6.31. The van der Waals surface area contributed by atoms with Crippen molar-refractivity contribution in [2.24, 2.45) is 0 Å². The predicted molar refractivity (Wildman–Crippen MR) is 72.3 cm³/mol. The second-order valence-corrected chi connectivity index (χ2v) is 4.81. The van der Waals surface area contributed by atoms with Crippen LogP contribution in [0.25, 0.3) is 0 Å². The molecule has 1 aromatic carbocycles. The summed E-state index contributed by atoms with van der Waals surface area (Å²) in [5, 5.41) is 10.1. The zero-order valence-corrected chi connectivity index (χ0v) is 11.0. The fraction of sp³-hybridized carbons (Fsp3) is 0.214. The highest BCUT2D eigenvalue weighted by atomic mass is 32.2. The molecule has 0 unspecified atom stereocenters. The summed E-state index contributed by atoms with van der Waals surface area (Å²) in [4.78, 5) is 5.35. The number of aromatic hydroxyl groups is 1. The molecule has 0 radical (unpaired) electrons. The molecule has 0 bridgehead atoms. The van der Waals surface area contributed by atoms with Gasteiger partial charge in [0.15, 0.2) is 5.75 Å². The van der Waals surface area contributed by atoms with Gasteiger partial charge in [0, 0.05) is 11.1 Å². The first-order valence-corrected chi connectivity index (χ1v) is 6.66. The molecule has 4 heteroatoms. The molecule has 0 atom stereocenters. The first-order valence-electron chi connectivity index (χ1n) is 5.84. The van der Waals surface area contributed by atoms with E-state index in [9.17, 15) is 5.11 Å². The summed E-state index contributed by atoms with van der Waals surface area (Å²) in [6, 6.07) is 10.8. The highest BCUT2D eigenvalue weighted by Crippen LogP contribution is 2.33. The third kappa shape index (κ3) is 3.40. The van der Waals surface area contributed by atoms with Crippen molar-refractivity contribution in [1.82, 2.24) is 4.98 Å². The minimum Gasteiger partial charge on any atom is -0.508 e. The van der Waals surface area contributed by atoms with Crippen molar-refractivity contribution >= 4 is 11.8 Å². The maximum atomic E-state index is 9.24. The molecule has 3 nitrogen and oxygen atoms in total. The molecule has 94 valence electrons. The van der Waals surface area contributed by atoms with Crippen LogP contribution in [-0.4, -0.2) is 16.7 Å². The van der Waals surface area contributed by atoms with Gasteiger partial charge < -0.3 is 9.84 Å². The first kappa shape index (κ1) is 12.8. The molecule has 2 rings (SSSR count). The van der Waals surface area contributed by atoms with Gasteiger partial charge in [-0.3, -0.25) is 0 Å². The van der Waals surface area contributed by atoms with E-state index < -0.39 is 0 Å². The standard InChI is InChI=1S/C14H15NO2S/c1-2-10-17-13-4-3-9-15-14(13)18-12-7-5-11(16)6-8-12/h3-9,16H,2,10H2,1H3. The largest absolute Gasteiger partial charge is 0.508 e. The van der Waals surface area contributed by atoms with Crippen LogP contribution in [0.1, 0.15) is 13.3 Å². The zero-order valence-electron chi connectivity index (χ0n) is 10.2. The minimum atomic E-state index is 0.267. The number of pyridine rings is 1. The number of ether oxygens (including phenoxy) is 1. The van der Waals surface area contributed by atoms with Gasteiger partial charge in [0.2, 0.25) is 0 Å². The molecule has 1 N–H and O–H groups in total. The van der Waals surface area contributed by atoms with Crippen molar-refractivity contribution in [2.75, 3.05) is 6.61 Å². The maximum absolute atomic E-state index is 9.24. The van der Waals surface area contributed by atoms with Gasteiger partial charge in [0.05, 0.1) is 6.61 Å². The molecule has 0 aliphatic rings. The average Bonchev–Trinajstić information content (AvgIpc) is 2.40. The Morgan fingerprint density at radius 2 is 2.00 bits per heavy atom. The topological polar surface area (TPSA) is 42.4 Å². The summed E-state index contributed by atoms with van der Waals surface area (Å²) in [6.07, 6.45) is 2.72. The molecule has 0 spiro atoms. The molecule has 1 heterocycles. The Kier molecular flexibility index (Phi) is 4.47. The summed E-state index contributed by atoms with van der Waals surface area (Å²) in [7, 11) is 0. The summed E-state index contributed by atoms with van der Waals surface area (Å²) >= 11 is 1.53. The number of phenols is 1. The molecule has 0 saturated carbocycles. The smallest absolute Gasteiger partial charge is 0.151 e. The molecule has 0 amide bonds. The molecule has 1 aromatic heterocycles. The predicted octanol–water partition coefficient (Wildman–Crippen LogP) is 3.73. The molecule has 18 heavy (non-hydrogen) atoms. The van der Waals surface area contributed by atoms with E-state index in [1.165, 1.54) is 11.8 Å². The Balaban J connectivity index is 2.15. The number of aromatic nitrogens is 1. The third-order valence-corrected chi connectivity index (χ3v) is 3.26. The molecule has 0 fully saturated rings. The molecular weight excluding hydrogens is 246 g/mol. The fourth-order valence-corrected chi connectivity index (χ4v) is 2.24. The zero-order chi connectivity index (χ0) is 12.8. The summed E-state index contributed by atoms with van der Waals surface area (Å²) in [6.45, 7) is 2.76. The Bertz CT molecular complexity index is 499. The van der Waals surface area contributed by atoms with Gasteiger partial charge in [-0.05, 0) is 42.8 Å². The second-order valence-electron chi connectivity index (χ2n) is 3.75. The highest BCUT2D eigenvalue weighted by molar-refractivity contribution is 7.99. The van der Waals surface area contributed by atoms with Crippen molar-refractivity contribution in [2.45, 2.75) is 23.3 Å². The van der Waals surface area contributed by atoms with Crippen LogP contribution in [0.4, 0.5) is 0 Å². The van der Waals surface area contributed by atoms with E-state index in [4.69, 9.17) is 4.74 Å². The number of phenolic OH excluding ortho intramolecular Hbond substituents is 1. The van der Waals surface area contributed by atoms with Crippen molar-refractivity contribution < 1.29 is 9.84 Å². The van der Waals surface area contributed by atoms with Gasteiger partial charge in [-0.1, -0.05) is 18.7 Å². The Morgan fingerprint density at radius 3 is 2.72 bits per heavy atom. The number of benzene rings is 1. The van der Waals surface area contributed by atoms with Gasteiger partial charge in [-0.15, -0.1) is 0 Å². The van der Waals surface area contributed by atoms with E-state index in [1.54, 1.807) is 18.3 Å². The molecule has 0 saturated heterocycles. The van der Waals surface area contributed by atoms with Gasteiger partial charge in [0.25, 0.3) is 0 Å². The van der Waals surface area contributed by atoms with Crippen LogP contribution in [0.5, 0.6) is 11.5 Å². The molecule has 0 aliphatic carbocycles. The Hall–Kier alpha value is -1.68. The number of nitrogens with zero attached hydrogens (tertiary/aromatic N) is 1. The molecular formula is C14H15NO2S. The summed E-state index contributed by atoms with van der Waals surface area (Å²) in [5.74, 6) is 1.07. The highest BCUT2D eigenvalue weighted by Gasteiger charge is 2.06. The van der Waals surface area contributed by atoms with E-state index in [-0.39, 0.29) is 5.75 Å². The van der Waals surface area contributed by atoms with Crippen molar-refractivity contribution in [3.05, 3.63) is 42.6 Å². The van der Waals surface area contributed by atoms with E-state index >= 15 is 0 Å². The van der Waals surface area contributed by atoms with Crippen LogP contribution < -0.4 is 4.74 Å². The Morgan fingerprint density at radius 1 is 1.22 bits per heavy atom. The minimum absolute atomic E-state index is 0.267. The third-order valence-electron chi connectivity index (χ3n) is 2.25. The molecule has 2 aromatic rings. The Labute approximate surface area is 111 Å². The number of hydrogen-bond acceptors (Lipinski definition) is 4. The van der Waals surface area contributed by atoms with Crippen molar-refractivity contribution in [3.8, 4) is 11.5 Å². The van der Waals surface area contributed by atoms with Crippen molar-refractivity contribution in [3.63, 3.8) is 0 Å². The van der Waals surface area contributed by atoms with Crippen molar-refractivity contribution in [1.29, 1.82) is 0 Å². The van der Waals surface area contributed by atoms with Gasteiger partial charge in [-0.25, -0.2) is 4.98 Å². The van der Waals surface area contributed by atoms with Gasteiger partial charge in [-0.2, -0.15) is 0 Å². The van der Waals surface area contributed by atoms with Crippen LogP contribution in [0, 0.1) is 0 Å². The average molecular weight is 261 g/mol. The van der Waals surface area contributed by atoms with E-state index in [1.807, 2.05) is 24.3 Å². The van der Waals surface area contributed by atoms with E-state index in [2.05, 4.69) is 11.9 Å². The first-order chi connectivity index (χ1) is 8.79. The molecule has 0 aliphatic heterocycles. The lowest BCUT2D eigenvalue weighted by Gasteiger charge is -2.09. The monoisotopic (exact) mass is 261 g/mol. The van der Waals surface area contributed by atoms with E-state index in [0.717, 1.165) is 22.1 Å². The van der Waals surface area contributed by atoms with Crippen LogP contribution in [0.3, 0.4) is 0 Å². The van der Waals surface area contributed by atoms with Gasteiger partial charge >= 0.3 is 0 Å². The fourth-order valence-electron chi connectivity index (χ4n) is 1.40. The lowest BCUT2D eigenvalue weighted by Crippen LogP contribution is -1.97. The van der Waals surface area contributed by atoms with Crippen LogP contribution in [-0.2, 0) is 0 Å². The number of rotatable bonds is 5. The van der Waals surface area contributed by atoms with Gasteiger partial charge in [0.1, 0.15) is 10.8 Å². The lowest BCUT2D eigenvalue weighted by atomic mass is 10.3. The SMILES string of the molecule is CCCOc1cccnc1Sc1ccc(O)cc1. The van der Waals surface area contributed by atoms with E-state index in [0.29, 0.717) is 6.61 Å². The van der Waals surface area contributed by atoms with Crippen LogP contribution in [0.15, 0.2) is 52.5 Å².